The lowest BCUT2D eigenvalue weighted by Crippen LogP contribution is -2.49. The Morgan fingerprint density at radius 3 is 1.78 bits per heavy atom. The van der Waals surface area contributed by atoms with Gasteiger partial charge in [0.05, 0.1) is 13.1 Å². The molecule has 12 nitrogen and oxygen atoms in total. The molecule has 2 atom stereocenters. The molecule has 59 heavy (non-hydrogen) atoms. The molecule has 1 saturated heterocycles. The van der Waals surface area contributed by atoms with Crippen LogP contribution in [0.5, 0.6) is 0 Å². The summed E-state index contributed by atoms with van der Waals surface area (Å²) in [6, 6.07) is 1.36. The lowest BCUT2D eigenvalue weighted by Gasteiger charge is -2.29. The van der Waals surface area contributed by atoms with Crippen LogP contribution in [0.3, 0.4) is 0 Å². The van der Waals surface area contributed by atoms with Crippen molar-refractivity contribution in [3.8, 4) is 0 Å². The standard InChI is InChI=1S/C16H15F6N5O.C10H8F3NO.C6H7F3N4.2CH4.ClH/c17-10-6-12(19)11(18)4-8(10)3-9(23)5-14(28)26-1-2-27-13(7-26)24-25-15(27)16(20,21)22;11-7-4-9(13)8(12)2-5(7)1-6-3-10(15)14-6;7-6(8,9)5-12-11-4-3-10-1-2-13(4)5;;;/h4,6,9H,1-3,5,7,23H2;2,4,6H,1,3H2,(H,14,15);10H,1-3H2;2*1H4;1H/t9-;;;;;/m1...../s1. The van der Waals surface area contributed by atoms with Crippen molar-refractivity contribution in [3.63, 3.8) is 0 Å². The highest BCUT2D eigenvalue weighted by Gasteiger charge is 2.40. The Morgan fingerprint density at radius 1 is 0.746 bits per heavy atom. The number of nitrogens with one attached hydrogen (secondary N) is 2. The first-order chi connectivity index (χ1) is 26.2. The van der Waals surface area contributed by atoms with Crippen LogP contribution in [-0.2, 0) is 61.0 Å². The smallest absolute Gasteiger partial charge is 0.352 e. The molecular formula is C34H39ClF12N10O2. The van der Waals surface area contributed by atoms with E-state index in [9.17, 15) is 62.3 Å². The van der Waals surface area contributed by atoms with Crippen LogP contribution < -0.4 is 16.4 Å². The number of carbonyl (C=O) groups is 2. The third-order valence-electron chi connectivity index (χ3n) is 8.60. The van der Waals surface area contributed by atoms with E-state index < -0.39 is 70.9 Å². The minimum Gasteiger partial charge on any atom is -0.352 e. The minimum absolute atomic E-state index is 0. The fourth-order valence-corrected chi connectivity index (χ4v) is 5.85. The molecule has 0 aliphatic carbocycles. The van der Waals surface area contributed by atoms with E-state index >= 15 is 0 Å². The maximum Gasteiger partial charge on any atom is 0.451 e. The summed E-state index contributed by atoms with van der Waals surface area (Å²) >= 11 is 0. The first kappa shape index (κ1) is 50.2. The summed E-state index contributed by atoms with van der Waals surface area (Å²) in [6.45, 7) is 0.845. The lowest BCUT2D eigenvalue weighted by atomic mass is 9.97. The number of halogens is 13. The number of hydrogen-bond acceptors (Lipinski definition) is 8. The Labute approximate surface area is 334 Å². The van der Waals surface area contributed by atoms with Crippen LogP contribution in [0.15, 0.2) is 24.3 Å². The van der Waals surface area contributed by atoms with Crippen molar-refractivity contribution < 1.29 is 62.3 Å². The lowest BCUT2D eigenvalue weighted by molar-refractivity contribution is -0.148. The number of alkyl halides is 6. The second-order valence-electron chi connectivity index (χ2n) is 12.7. The summed E-state index contributed by atoms with van der Waals surface area (Å²) in [5.41, 5.74) is 5.72. The van der Waals surface area contributed by atoms with Gasteiger partial charge in [-0.05, 0) is 36.1 Å². The Kier molecular flexibility index (Phi) is 17.3. The van der Waals surface area contributed by atoms with Crippen LogP contribution in [0.4, 0.5) is 52.7 Å². The Hall–Kier alpha value is -4.97. The summed E-state index contributed by atoms with van der Waals surface area (Å²) in [5, 5.41) is 18.6. The monoisotopic (exact) mass is 882 g/mol. The van der Waals surface area contributed by atoms with Gasteiger partial charge in [-0.25, -0.2) is 26.3 Å². The van der Waals surface area contributed by atoms with Crippen molar-refractivity contribution in [1.29, 1.82) is 0 Å². The molecular weight excluding hydrogens is 844 g/mol. The maximum absolute atomic E-state index is 13.7. The fraction of sp³-hybridized carbons (Fsp3) is 0.471. The largest absolute Gasteiger partial charge is 0.451 e. The average Bonchev–Trinajstić information content (AvgIpc) is 3.74. The first-order valence-corrected chi connectivity index (χ1v) is 16.5. The molecule has 4 aromatic rings. The van der Waals surface area contributed by atoms with Crippen LogP contribution in [0.2, 0.25) is 0 Å². The molecule has 0 radical (unpaired) electrons. The van der Waals surface area contributed by atoms with Crippen LogP contribution in [0.25, 0.3) is 0 Å². The van der Waals surface area contributed by atoms with Gasteiger partial charge in [0.25, 0.3) is 0 Å². The van der Waals surface area contributed by atoms with Crippen molar-refractivity contribution >= 4 is 24.2 Å². The van der Waals surface area contributed by atoms with Crippen molar-refractivity contribution in [3.05, 3.63) is 93.6 Å². The first-order valence-electron chi connectivity index (χ1n) is 16.5. The predicted molar refractivity (Wildman–Crippen MR) is 187 cm³/mol. The number of nitrogens with zero attached hydrogens (tertiary/aromatic N) is 7. The van der Waals surface area contributed by atoms with E-state index in [0.717, 1.165) is 15.2 Å². The van der Waals surface area contributed by atoms with Gasteiger partial charge in [0.15, 0.2) is 29.1 Å². The molecule has 1 fully saturated rings. The summed E-state index contributed by atoms with van der Waals surface area (Å²) < 4.78 is 156. The molecule has 5 heterocycles. The van der Waals surface area contributed by atoms with Gasteiger partial charge in [0.2, 0.25) is 23.5 Å². The Balaban J connectivity index is 0.000000327. The Bertz CT molecular complexity index is 2070. The molecule has 2 aromatic heterocycles. The van der Waals surface area contributed by atoms with Gasteiger partial charge in [0.1, 0.15) is 17.5 Å². The average molecular weight is 883 g/mol. The highest BCUT2D eigenvalue weighted by molar-refractivity contribution is 5.85. The third-order valence-corrected chi connectivity index (χ3v) is 8.60. The van der Waals surface area contributed by atoms with Gasteiger partial charge in [-0.15, -0.1) is 32.8 Å². The molecule has 25 heteroatoms. The molecule has 3 aliphatic heterocycles. The van der Waals surface area contributed by atoms with Gasteiger partial charge in [-0.3, -0.25) is 9.59 Å². The number of hydrogen-bond donors (Lipinski definition) is 3. The SMILES string of the molecule is C.C.Cl.FC(F)(F)c1nnc2n1CCNC2.N[C@@H](CC(=O)N1CCn2c(nnc2C(F)(F)F)C1)Cc1cc(F)c(F)cc1F.O=C1CC(Cc2cc(F)c(F)cc2F)N1. The number of benzene rings is 2. The van der Waals surface area contributed by atoms with Crippen molar-refractivity contribution in [2.75, 3.05) is 13.1 Å². The summed E-state index contributed by atoms with van der Waals surface area (Å²) in [7, 11) is 0. The highest BCUT2D eigenvalue weighted by Crippen LogP contribution is 2.30. The molecule has 2 amide bonds. The van der Waals surface area contributed by atoms with Crippen LogP contribution in [0.1, 0.15) is 62.1 Å². The van der Waals surface area contributed by atoms with Crippen LogP contribution in [-0.4, -0.2) is 71.4 Å². The molecule has 2 aromatic carbocycles. The molecule has 0 bridgehead atoms. The minimum atomic E-state index is -4.64. The zero-order valence-corrected chi connectivity index (χ0v) is 29.8. The van der Waals surface area contributed by atoms with Crippen LogP contribution in [0, 0.1) is 34.9 Å². The second-order valence-corrected chi connectivity index (χ2v) is 12.7. The van der Waals surface area contributed by atoms with Crippen LogP contribution >= 0.6 is 12.4 Å². The van der Waals surface area contributed by atoms with Gasteiger partial charge in [-0.2, -0.15) is 26.3 Å². The number of nitrogens with two attached hydrogens (primary N) is 1. The molecule has 3 aliphatic rings. The van der Waals surface area contributed by atoms with E-state index in [1.54, 1.807) is 0 Å². The number of amides is 2. The molecule has 0 spiro atoms. The van der Waals surface area contributed by atoms with Crippen molar-refractivity contribution in [2.24, 2.45) is 5.73 Å². The molecule has 4 N–H and O–H groups in total. The summed E-state index contributed by atoms with van der Waals surface area (Å²) in [4.78, 5) is 24.2. The maximum atomic E-state index is 13.7. The van der Waals surface area contributed by atoms with Gasteiger partial charge >= 0.3 is 12.4 Å². The molecule has 0 saturated carbocycles. The summed E-state index contributed by atoms with van der Waals surface area (Å²) in [6.07, 6.45) is -9.01. The topological polar surface area (TPSA) is 149 Å². The van der Waals surface area contributed by atoms with E-state index in [-0.39, 0.29) is 102 Å². The van der Waals surface area contributed by atoms with Crippen molar-refractivity contribution in [1.82, 2.24) is 45.1 Å². The third kappa shape index (κ3) is 12.5. The predicted octanol–water partition coefficient (Wildman–Crippen LogP) is 5.65. The van der Waals surface area contributed by atoms with E-state index in [4.69, 9.17) is 5.73 Å². The molecule has 328 valence electrons. The molecule has 1 unspecified atom stereocenters. The van der Waals surface area contributed by atoms with E-state index in [1.165, 1.54) is 4.90 Å². The number of carbonyl (C=O) groups excluding carboxylic acids is 2. The Morgan fingerprint density at radius 2 is 1.24 bits per heavy atom. The zero-order chi connectivity index (χ0) is 41.1. The van der Waals surface area contributed by atoms with Gasteiger partial charge in [0, 0.05) is 63.2 Å². The zero-order valence-electron chi connectivity index (χ0n) is 29.0. The number of β-lactam (4-membered cyclic amide) rings is 1. The quantitative estimate of drug-likeness (QED) is 0.128. The summed E-state index contributed by atoms with van der Waals surface area (Å²) in [5.74, 6) is -8.86. The fourth-order valence-electron chi connectivity index (χ4n) is 5.85. The second kappa shape index (κ2) is 20.3. The molecule has 7 rings (SSSR count). The van der Waals surface area contributed by atoms with E-state index in [2.05, 4.69) is 31.0 Å². The number of fused-ring (bicyclic) bond motifs is 2. The number of aromatic nitrogens is 6. The van der Waals surface area contributed by atoms with E-state index in [0.29, 0.717) is 43.5 Å². The highest BCUT2D eigenvalue weighted by atomic mass is 35.5. The van der Waals surface area contributed by atoms with Crippen molar-refractivity contribution in [2.45, 2.75) is 91.2 Å². The van der Waals surface area contributed by atoms with Gasteiger partial charge in [-0.1, -0.05) is 14.9 Å². The number of rotatable bonds is 6. The van der Waals surface area contributed by atoms with Gasteiger partial charge < -0.3 is 30.4 Å². The normalized spacial score (nSPS) is 16.1. The van der Waals surface area contributed by atoms with E-state index in [1.807, 2.05) is 0 Å².